The van der Waals surface area contributed by atoms with E-state index in [1.165, 1.54) is 0 Å². The van der Waals surface area contributed by atoms with Crippen LogP contribution in [0.25, 0.3) is 0 Å². The summed E-state index contributed by atoms with van der Waals surface area (Å²) in [5, 5.41) is 12.1. The van der Waals surface area contributed by atoms with Crippen LogP contribution in [0.5, 0.6) is 0 Å². The number of carboxylic acid groups (broad SMARTS) is 1. The van der Waals surface area contributed by atoms with Gasteiger partial charge in [-0.05, 0) is 18.6 Å². The minimum Gasteiger partial charge on any atom is -0.481 e. The van der Waals surface area contributed by atoms with Gasteiger partial charge in [0, 0.05) is 23.9 Å². The minimum absolute atomic E-state index is 0.110. The number of hydrogen-bond acceptors (Lipinski definition) is 2. The fraction of sp³-hybridized carbons (Fsp3) is 0.385. The largest absolute Gasteiger partial charge is 0.481 e. The number of amides is 1. The maximum Gasteiger partial charge on any atom is 0.303 e. The first-order chi connectivity index (χ1) is 8.54. The number of nitrogens with one attached hydrogen (secondary N) is 1. The molecule has 0 aliphatic carbocycles. The zero-order valence-corrected chi connectivity index (χ0v) is 10.9. The molecular formula is C13H16ClNO3. The van der Waals surface area contributed by atoms with Crippen molar-refractivity contribution in [3.05, 3.63) is 34.9 Å². The van der Waals surface area contributed by atoms with E-state index in [-0.39, 0.29) is 18.7 Å². The van der Waals surface area contributed by atoms with Gasteiger partial charge in [-0.25, -0.2) is 0 Å². The Morgan fingerprint density at radius 2 is 2.00 bits per heavy atom. The lowest BCUT2D eigenvalue weighted by atomic mass is 9.92. The van der Waals surface area contributed by atoms with E-state index in [9.17, 15) is 9.59 Å². The van der Waals surface area contributed by atoms with Gasteiger partial charge in [0.15, 0.2) is 0 Å². The number of hydrogen-bond donors (Lipinski definition) is 2. The molecule has 0 spiro atoms. The summed E-state index contributed by atoms with van der Waals surface area (Å²) < 4.78 is 0. The van der Waals surface area contributed by atoms with E-state index in [0.717, 1.165) is 0 Å². The summed E-state index contributed by atoms with van der Waals surface area (Å²) in [7, 11) is 0. The average Bonchev–Trinajstić information content (AvgIpc) is 2.28. The molecule has 0 heterocycles. The second-order valence-corrected chi connectivity index (χ2v) is 4.38. The Bertz CT molecular complexity index is 434. The van der Waals surface area contributed by atoms with Crippen LogP contribution in [0.15, 0.2) is 24.3 Å². The molecule has 1 rings (SSSR count). The van der Waals surface area contributed by atoms with E-state index >= 15 is 0 Å². The number of carboxylic acids is 1. The molecule has 18 heavy (non-hydrogen) atoms. The van der Waals surface area contributed by atoms with E-state index in [1.807, 2.05) is 6.92 Å². The topological polar surface area (TPSA) is 66.4 Å². The van der Waals surface area contributed by atoms with E-state index in [0.29, 0.717) is 17.1 Å². The van der Waals surface area contributed by atoms with E-state index in [4.69, 9.17) is 16.7 Å². The van der Waals surface area contributed by atoms with Crippen LogP contribution >= 0.6 is 11.6 Å². The first kappa shape index (κ1) is 14.5. The number of carbonyl (C=O) groups excluding carboxylic acids is 1. The fourth-order valence-electron chi connectivity index (χ4n) is 1.80. The highest BCUT2D eigenvalue weighted by Gasteiger charge is 2.20. The van der Waals surface area contributed by atoms with Crippen LogP contribution in [-0.4, -0.2) is 23.5 Å². The molecule has 0 radical (unpaired) electrons. The van der Waals surface area contributed by atoms with Gasteiger partial charge in [0.2, 0.25) is 5.91 Å². The summed E-state index contributed by atoms with van der Waals surface area (Å²) >= 11 is 6.04. The van der Waals surface area contributed by atoms with Crippen LogP contribution in [0.2, 0.25) is 5.02 Å². The molecule has 1 amide bonds. The number of rotatable bonds is 6. The summed E-state index contributed by atoms with van der Waals surface area (Å²) in [6.45, 7) is 2.35. The van der Waals surface area contributed by atoms with E-state index < -0.39 is 11.9 Å². The fourth-order valence-corrected chi connectivity index (χ4v) is 2.09. The Morgan fingerprint density at radius 1 is 1.33 bits per heavy atom. The van der Waals surface area contributed by atoms with Gasteiger partial charge in [0.25, 0.3) is 0 Å². The molecule has 4 nitrogen and oxygen atoms in total. The monoisotopic (exact) mass is 269 g/mol. The standard InChI is InChI=1S/C13H16ClNO3/c1-2-15-12(16)7-9(8-13(17)18)10-5-3-4-6-11(10)14/h3-6,9H,2,7-8H2,1H3,(H,15,16)(H,17,18). The highest BCUT2D eigenvalue weighted by molar-refractivity contribution is 6.31. The maximum absolute atomic E-state index is 11.6. The Kier molecular flexibility index (Phi) is 5.65. The molecule has 0 aromatic heterocycles. The van der Waals surface area contributed by atoms with Crippen molar-refractivity contribution in [3.63, 3.8) is 0 Å². The molecule has 98 valence electrons. The zero-order valence-electron chi connectivity index (χ0n) is 10.1. The van der Waals surface area contributed by atoms with Gasteiger partial charge in [-0.15, -0.1) is 0 Å². The number of halogens is 1. The highest BCUT2D eigenvalue weighted by Crippen LogP contribution is 2.29. The molecule has 1 aromatic rings. The van der Waals surface area contributed by atoms with Crippen LogP contribution < -0.4 is 5.32 Å². The van der Waals surface area contributed by atoms with Crippen molar-refractivity contribution < 1.29 is 14.7 Å². The van der Waals surface area contributed by atoms with Crippen LogP contribution in [0.4, 0.5) is 0 Å². The molecule has 5 heteroatoms. The lowest BCUT2D eigenvalue weighted by Crippen LogP contribution is -2.25. The van der Waals surface area contributed by atoms with Crippen molar-refractivity contribution in [1.29, 1.82) is 0 Å². The molecule has 0 aliphatic rings. The smallest absolute Gasteiger partial charge is 0.303 e. The Balaban J connectivity index is 2.88. The minimum atomic E-state index is -0.941. The molecule has 0 aliphatic heterocycles. The Morgan fingerprint density at radius 3 is 2.56 bits per heavy atom. The first-order valence-corrected chi connectivity index (χ1v) is 6.15. The molecular weight excluding hydrogens is 254 g/mol. The third-order valence-electron chi connectivity index (χ3n) is 2.57. The number of benzene rings is 1. The zero-order chi connectivity index (χ0) is 13.5. The third-order valence-corrected chi connectivity index (χ3v) is 2.92. The predicted molar refractivity (Wildman–Crippen MR) is 69.7 cm³/mol. The summed E-state index contributed by atoms with van der Waals surface area (Å²) in [5.41, 5.74) is 0.702. The van der Waals surface area contributed by atoms with Crippen molar-refractivity contribution in [1.82, 2.24) is 5.32 Å². The SMILES string of the molecule is CCNC(=O)CC(CC(=O)O)c1ccccc1Cl. The van der Waals surface area contributed by atoms with Crippen molar-refractivity contribution >= 4 is 23.5 Å². The predicted octanol–water partition coefficient (Wildman–Crippen LogP) is 2.42. The Labute approximate surface area is 111 Å². The second kappa shape index (κ2) is 7.01. The average molecular weight is 270 g/mol. The van der Waals surface area contributed by atoms with Gasteiger partial charge in [0.05, 0.1) is 6.42 Å². The van der Waals surface area contributed by atoms with Gasteiger partial charge in [-0.1, -0.05) is 29.8 Å². The highest BCUT2D eigenvalue weighted by atomic mass is 35.5. The van der Waals surface area contributed by atoms with Gasteiger partial charge in [-0.2, -0.15) is 0 Å². The summed E-state index contributed by atoms with van der Waals surface area (Å²) in [4.78, 5) is 22.4. The van der Waals surface area contributed by atoms with Crippen molar-refractivity contribution in [2.45, 2.75) is 25.7 Å². The van der Waals surface area contributed by atoms with Crippen LogP contribution in [0.1, 0.15) is 31.2 Å². The molecule has 0 saturated heterocycles. The molecule has 0 bridgehead atoms. The van der Waals surface area contributed by atoms with Crippen LogP contribution in [0, 0.1) is 0 Å². The summed E-state index contributed by atoms with van der Waals surface area (Å²) in [6.07, 6.45) is 0.0186. The molecule has 0 saturated carbocycles. The van der Waals surface area contributed by atoms with Gasteiger partial charge < -0.3 is 10.4 Å². The molecule has 1 aromatic carbocycles. The quantitative estimate of drug-likeness (QED) is 0.833. The maximum atomic E-state index is 11.6. The molecule has 0 fully saturated rings. The summed E-state index contributed by atoms with van der Waals surface area (Å²) in [5.74, 6) is -1.50. The number of carbonyl (C=O) groups is 2. The van der Waals surface area contributed by atoms with Crippen molar-refractivity contribution in [3.8, 4) is 0 Å². The van der Waals surface area contributed by atoms with E-state index in [1.54, 1.807) is 24.3 Å². The van der Waals surface area contributed by atoms with Crippen LogP contribution in [-0.2, 0) is 9.59 Å². The van der Waals surface area contributed by atoms with Gasteiger partial charge in [-0.3, -0.25) is 9.59 Å². The molecule has 1 atom stereocenters. The molecule has 2 N–H and O–H groups in total. The van der Waals surface area contributed by atoms with Crippen molar-refractivity contribution in [2.24, 2.45) is 0 Å². The van der Waals surface area contributed by atoms with Crippen molar-refractivity contribution in [2.75, 3.05) is 6.54 Å². The lowest BCUT2D eigenvalue weighted by Gasteiger charge is -2.16. The first-order valence-electron chi connectivity index (χ1n) is 5.77. The normalized spacial score (nSPS) is 11.9. The van der Waals surface area contributed by atoms with Gasteiger partial charge >= 0.3 is 5.97 Å². The van der Waals surface area contributed by atoms with Crippen LogP contribution in [0.3, 0.4) is 0 Å². The number of aliphatic carboxylic acids is 1. The van der Waals surface area contributed by atoms with E-state index in [2.05, 4.69) is 5.32 Å². The third kappa shape index (κ3) is 4.37. The van der Waals surface area contributed by atoms with Gasteiger partial charge in [0.1, 0.15) is 0 Å². The Hall–Kier alpha value is -1.55. The summed E-state index contributed by atoms with van der Waals surface area (Å²) in [6, 6.07) is 7.02. The molecule has 1 unspecified atom stereocenters. The lowest BCUT2D eigenvalue weighted by molar-refractivity contribution is -0.137. The second-order valence-electron chi connectivity index (χ2n) is 3.97.